The van der Waals surface area contributed by atoms with Crippen molar-refractivity contribution in [2.75, 3.05) is 4.72 Å². The van der Waals surface area contributed by atoms with Gasteiger partial charge in [0.05, 0.1) is 27.4 Å². The second-order valence-corrected chi connectivity index (χ2v) is 9.60. The lowest BCUT2D eigenvalue weighted by Crippen LogP contribution is -2.12. The van der Waals surface area contributed by atoms with Crippen LogP contribution in [0.25, 0.3) is 11.0 Å². The summed E-state index contributed by atoms with van der Waals surface area (Å²) in [5.74, 6) is 1.47. The van der Waals surface area contributed by atoms with Crippen LogP contribution in [0, 0.1) is 13.8 Å². The van der Waals surface area contributed by atoms with Crippen LogP contribution in [0.1, 0.15) is 17.1 Å². The van der Waals surface area contributed by atoms with Crippen LogP contribution in [0.5, 0.6) is 0 Å². The molecular formula is C21H21N5O2S2. The number of imidazole rings is 1. The summed E-state index contributed by atoms with van der Waals surface area (Å²) in [6, 6.07) is 14.0. The van der Waals surface area contributed by atoms with Crippen molar-refractivity contribution in [1.82, 2.24) is 19.5 Å². The Morgan fingerprint density at radius 3 is 2.53 bits per heavy atom. The third-order valence-corrected chi connectivity index (χ3v) is 6.91. The SMILES string of the molecule is Cc1ccc(S(=O)(=O)Nc2ccc3c(c2)nc(CSc2nccc(C)n2)n3C)cc1. The minimum absolute atomic E-state index is 0.226. The van der Waals surface area contributed by atoms with Crippen molar-refractivity contribution in [3.8, 4) is 0 Å². The highest BCUT2D eigenvalue weighted by molar-refractivity contribution is 7.98. The van der Waals surface area contributed by atoms with Crippen molar-refractivity contribution in [2.45, 2.75) is 29.7 Å². The van der Waals surface area contributed by atoms with E-state index in [0.29, 0.717) is 16.6 Å². The van der Waals surface area contributed by atoms with Crippen LogP contribution in [-0.4, -0.2) is 27.9 Å². The molecule has 0 bridgehead atoms. The van der Waals surface area contributed by atoms with E-state index in [-0.39, 0.29) is 4.90 Å². The van der Waals surface area contributed by atoms with Gasteiger partial charge in [0.25, 0.3) is 10.0 Å². The topological polar surface area (TPSA) is 89.8 Å². The number of anilines is 1. The highest BCUT2D eigenvalue weighted by atomic mass is 32.2. The quantitative estimate of drug-likeness (QED) is 0.360. The second-order valence-electron chi connectivity index (χ2n) is 6.98. The molecule has 4 rings (SSSR count). The lowest BCUT2D eigenvalue weighted by molar-refractivity contribution is 0.601. The predicted molar refractivity (Wildman–Crippen MR) is 119 cm³/mol. The maximum Gasteiger partial charge on any atom is 0.261 e. The van der Waals surface area contributed by atoms with Gasteiger partial charge in [0, 0.05) is 18.9 Å². The van der Waals surface area contributed by atoms with E-state index in [1.54, 1.807) is 42.6 Å². The maximum absolute atomic E-state index is 12.7. The molecule has 2 aromatic heterocycles. The zero-order chi connectivity index (χ0) is 21.3. The molecule has 0 fully saturated rings. The number of rotatable bonds is 6. The van der Waals surface area contributed by atoms with Crippen molar-refractivity contribution in [3.05, 3.63) is 71.8 Å². The van der Waals surface area contributed by atoms with Gasteiger partial charge in [-0.25, -0.2) is 23.4 Å². The number of hydrogen-bond acceptors (Lipinski definition) is 6. The molecule has 0 aliphatic heterocycles. The van der Waals surface area contributed by atoms with Gasteiger partial charge < -0.3 is 4.57 Å². The fraction of sp³-hybridized carbons (Fsp3) is 0.190. The van der Waals surface area contributed by atoms with Crippen LogP contribution in [0.15, 0.2) is 64.8 Å². The number of fused-ring (bicyclic) bond motifs is 1. The van der Waals surface area contributed by atoms with Gasteiger partial charge in [0.2, 0.25) is 0 Å². The molecule has 0 saturated carbocycles. The zero-order valence-electron chi connectivity index (χ0n) is 16.8. The van der Waals surface area contributed by atoms with Crippen LogP contribution in [0.3, 0.4) is 0 Å². The van der Waals surface area contributed by atoms with Gasteiger partial charge in [0.1, 0.15) is 5.82 Å². The number of nitrogens with one attached hydrogen (secondary N) is 1. The minimum atomic E-state index is -3.66. The van der Waals surface area contributed by atoms with Crippen LogP contribution < -0.4 is 4.72 Å². The van der Waals surface area contributed by atoms with Crippen molar-refractivity contribution in [1.29, 1.82) is 0 Å². The van der Waals surface area contributed by atoms with Crippen molar-refractivity contribution >= 4 is 38.5 Å². The van der Waals surface area contributed by atoms with Crippen molar-refractivity contribution < 1.29 is 8.42 Å². The molecule has 0 atom stereocenters. The summed E-state index contributed by atoms with van der Waals surface area (Å²) in [5.41, 5.74) is 4.05. The molecule has 0 amide bonds. The molecule has 2 aromatic carbocycles. The number of aryl methyl sites for hydroxylation is 3. The van der Waals surface area contributed by atoms with E-state index in [1.165, 1.54) is 11.8 Å². The number of sulfonamides is 1. The number of benzene rings is 2. The first kappa shape index (κ1) is 20.4. The third-order valence-electron chi connectivity index (χ3n) is 4.66. The van der Waals surface area contributed by atoms with E-state index in [0.717, 1.165) is 28.1 Å². The first-order chi connectivity index (χ1) is 14.3. The molecule has 154 valence electrons. The lowest BCUT2D eigenvalue weighted by atomic mass is 10.2. The van der Waals surface area contributed by atoms with Crippen molar-refractivity contribution in [2.24, 2.45) is 7.05 Å². The van der Waals surface area contributed by atoms with Crippen LogP contribution in [0.2, 0.25) is 0 Å². The third kappa shape index (κ3) is 4.31. The molecule has 7 nitrogen and oxygen atoms in total. The summed E-state index contributed by atoms with van der Waals surface area (Å²) >= 11 is 1.51. The predicted octanol–water partition coefficient (Wildman–Crippen LogP) is 4.07. The summed E-state index contributed by atoms with van der Waals surface area (Å²) in [5, 5.41) is 0.702. The molecule has 2 heterocycles. The first-order valence-electron chi connectivity index (χ1n) is 9.29. The summed E-state index contributed by atoms with van der Waals surface area (Å²) < 4.78 is 29.9. The Labute approximate surface area is 179 Å². The largest absolute Gasteiger partial charge is 0.330 e. The van der Waals surface area contributed by atoms with Gasteiger partial charge in [-0.05, 0) is 50.2 Å². The minimum Gasteiger partial charge on any atom is -0.330 e. The highest BCUT2D eigenvalue weighted by Gasteiger charge is 2.15. The van der Waals surface area contributed by atoms with Gasteiger partial charge in [-0.3, -0.25) is 4.72 Å². The molecule has 0 unspecified atom stereocenters. The Morgan fingerprint density at radius 1 is 1.03 bits per heavy atom. The molecule has 4 aromatic rings. The van der Waals surface area contributed by atoms with E-state index >= 15 is 0 Å². The van der Waals surface area contributed by atoms with Gasteiger partial charge in [-0.1, -0.05) is 29.5 Å². The molecule has 0 aliphatic rings. The Bertz CT molecular complexity index is 1320. The lowest BCUT2D eigenvalue weighted by Gasteiger charge is -2.08. The van der Waals surface area contributed by atoms with E-state index in [9.17, 15) is 8.42 Å². The number of thioether (sulfide) groups is 1. The van der Waals surface area contributed by atoms with Crippen molar-refractivity contribution in [3.63, 3.8) is 0 Å². The fourth-order valence-electron chi connectivity index (χ4n) is 3.00. The van der Waals surface area contributed by atoms with Crippen LogP contribution in [-0.2, 0) is 22.8 Å². The Hall–Kier alpha value is -2.91. The van der Waals surface area contributed by atoms with Gasteiger partial charge in [0.15, 0.2) is 5.16 Å². The molecule has 0 aliphatic carbocycles. The fourth-order valence-corrected chi connectivity index (χ4v) is 4.91. The molecule has 0 radical (unpaired) electrons. The van der Waals surface area contributed by atoms with Crippen LogP contribution >= 0.6 is 11.8 Å². The molecule has 30 heavy (non-hydrogen) atoms. The maximum atomic E-state index is 12.7. The number of aromatic nitrogens is 4. The molecule has 1 N–H and O–H groups in total. The molecule has 9 heteroatoms. The Morgan fingerprint density at radius 2 is 1.80 bits per heavy atom. The average molecular weight is 440 g/mol. The first-order valence-corrected chi connectivity index (χ1v) is 11.8. The second kappa shape index (κ2) is 8.08. The summed E-state index contributed by atoms with van der Waals surface area (Å²) in [7, 11) is -1.71. The van der Waals surface area contributed by atoms with Gasteiger partial charge in [-0.15, -0.1) is 0 Å². The van der Waals surface area contributed by atoms with E-state index in [4.69, 9.17) is 0 Å². The monoisotopic (exact) mass is 439 g/mol. The van der Waals surface area contributed by atoms with Crippen LogP contribution in [0.4, 0.5) is 5.69 Å². The zero-order valence-corrected chi connectivity index (χ0v) is 18.5. The Kier molecular flexibility index (Phi) is 5.48. The molecule has 0 spiro atoms. The summed E-state index contributed by atoms with van der Waals surface area (Å²) in [6.45, 7) is 3.85. The van der Waals surface area contributed by atoms with Gasteiger partial charge >= 0.3 is 0 Å². The summed E-state index contributed by atoms with van der Waals surface area (Å²) in [4.78, 5) is 13.6. The van der Waals surface area contributed by atoms with E-state index < -0.39 is 10.0 Å². The highest BCUT2D eigenvalue weighted by Crippen LogP contribution is 2.25. The van der Waals surface area contributed by atoms with Gasteiger partial charge in [-0.2, -0.15) is 0 Å². The standard InChI is InChI=1S/C21H21N5O2S2/c1-14-4-7-17(8-5-14)30(27,28)25-16-6-9-19-18(12-16)24-20(26(19)3)13-29-21-22-11-10-15(2)23-21/h4-12,25H,13H2,1-3H3. The average Bonchev–Trinajstić information content (AvgIpc) is 3.01. The Balaban J connectivity index is 1.56. The molecular weight excluding hydrogens is 418 g/mol. The summed E-state index contributed by atoms with van der Waals surface area (Å²) in [6.07, 6.45) is 1.74. The molecule has 0 saturated heterocycles. The number of nitrogens with zero attached hydrogens (tertiary/aromatic N) is 4. The van der Waals surface area contributed by atoms with E-state index in [2.05, 4.69) is 19.7 Å². The normalized spacial score (nSPS) is 11.7. The van der Waals surface area contributed by atoms with E-state index in [1.807, 2.05) is 37.6 Å². The smallest absolute Gasteiger partial charge is 0.261 e. The number of hydrogen-bond donors (Lipinski definition) is 1.